The summed E-state index contributed by atoms with van der Waals surface area (Å²) in [6, 6.07) is 24.8. The van der Waals surface area contributed by atoms with E-state index in [1.54, 1.807) is 0 Å². The minimum atomic E-state index is 0.813. The summed E-state index contributed by atoms with van der Waals surface area (Å²) in [4.78, 5) is 0. The normalized spacial score (nSPS) is 10.9. The number of allylic oxidation sites excluding steroid dienone is 1. The van der Waals surface area contributed by atoms with Crippen LogP contribution in [0.25, 0.3) is 17.2 Å². The van der Waals surface area contributed by atoms with E-state index >= 15 is 0 Å². The van der Waals surface area contributed by atoms with Crippen LogP contribution in [-0.2, 0) is 6.42 Å². The van der Waals surface area contributed by atoms with E-state index < -0.39 is 0 Å². The van der Waals surface area contributed by atoms with Crippen molar-refractivity contribution in [2.75, 3.05) is 18.1 Å². The molecule has 0 saturated carbocycles. The van der Waals surface area contributed by atoms with E-state index in [9.17, 15) is 0 Å². The van der Waals surface area contributed by atoms with Crippen LogP contribution in [0, 0.1) is 0 Å². The first-order valence-corrected chi connectivity index (χ1v) is 8.15. The van der Waals surface area contributed by atoms with E-state index in [-0.39, 0.29) is 0 Å². The van der Waals surface area contributed by atoms with Crippen LogP contribution in [0.15, 0.2) is 78.9 Å². The van der Waals surface area contributed by atoms with Crippen LogP contribution in [0.3, 0.4) is 0 Å². The Bertz CT molecular complexity index is 850. The summed E-state index contributed by atoms with van der Waals surface area (Å²) in [6.07, 6.45) is 5.25. The van der Waals surface area contributed by atoms with E-state index in [0.29, 0.717) is 0 Å². The van der Waals surface area contributed by atoms with Crippen LogP contribution in [0.1, 0.15) is 11.1 Å². The van der Waals surface area contributed by atoms with Gasteiger partial charge < -0.3 is 11.1 Å². The van der Waals surface area contributed by atoms with Crippen molar-refractivity contribution in [2.24, 2.45) is 0 Å². The first-order chi connectivity index (χ1) is 11.8. The second-order valence-corrected chi connectivity index (χ2v) is 5.73. The van der Waals surface area contributed by atoms with Gasteiger partial charge in [0.05, 0.1) is 0 Å². The molecular formula is C22H22N2. The molecule has 2 nitrogen and oxygen atoms in total. The van der Waals surface area contributed by atoms with Gasteiger partial charge in [-0.05, 0) is 35.2 Å². The largest absolute Gasteiger partial charge is 0.398 e. The predicted octanol–water partition coefficient (Wildman–Crippen LogP) is 5.23. The van der Waals surface area contributed by atoms with Gasteiger partial charge in [-0.25, -0.2) is 0 Å². The molecule has 3 rings (SSSR count). The average Bonchev–Trinajstić information content (AvgIpc) is 2.63. The number of rotatable bonds is 5. The van der Waals surface area contributed by atoms with Crippen LogP contribution < -0.4 is 11.1 Å². The van der Waals surface area contributed by atoms with Crippen molar-refractivity contribution in [3.8, 4) is 11.1 Å². The maximum absolute atomic E-state index is 6.09. The zero-order valence-electron chi connectivity index (χ0n) is 13.9. The SMILES string of the molecule is CNc1ccccc1/C=C\Cc1cccc(-c2ccccc2N)c1. The second kappa shape index (κ2) is 7.51. The molecule has 3 N–H and O–H groups in total. The van der Waals surface area contributed by atoms with Gasteiger partial charge in [-0.2, -0.15) is 0 Å². The quantitative estimate of drug-likeness (QED) is 0.633. The van der Waals surface area contributed by atoms with Crippen molar-refractivity contribution in [1.82, 2.24) is 0 Å². The van der Waals surface area contributed by atoms with Crippen LogP contribution in [-0.4, -0.2) is 7.05 Å². The molecule has 0 saturated heterocycles. The molecule has 0 radical (unpaired) electrons. The first kappa shape index (κ1) is 15.9. The molecule has 0 spiro atoms. The van der Waals surface area contributed by atoms with Crippen molar-refractivity contribution >= 4 is 17.5 Å². The molecule has 0 aliphatic heterocycles. The Morgan fingerprint density at radius 2 is 1.71 bits per heavy atom. The molecule has 0 bridgehead atoms. The highest BCUT2D eigenvalue weighted by atomic mass is 14.8. The molecule has 0 atom stereocenters. The Hall–Kier alpha value is -3.00. The zero-order chi connectivity index (χ0) is 16.8. The lowest BCUT2D eigenvalue weighted by Crippen LogP contribution is -1.91. The summed E-state index contributed by atoms with van der Waals surface area (Å²) in [5.74, 6) is 0. The summed E-state index contributed by atoms with van der Waals surface area (Å²) in [5, 5.41) is 3.22. The Morgan fingerprint density at radius 3 is 2.54 bits per heavy atom. The number of hydrogen-bond acceptors (Lipinski definition) is 2. The molecule has 24 heavy (non-hydrogen) atoms. The van der Waals surface area contributed by atoms with Crippen LogP contribution >= 0.6 is 0 Å². The van der Waals surface area contributed by atoms with E-state index in [0.717, 1.165) is 28.9 Å². The van der Waals surface area contributed by atoms with Gasteiger partial charge in [0.15, 0.2) is 0 Å². The van der Waals surface area contributed by atoms with E-state index in [2.05, 4.69) is 66.0 Å². The Kier molecular flexibility index (Phi) is 4.97. The minimum absolute atomic E-state index is 0.813. The Balaban J connectivity index is 1.78. The van der Waals surface area contributed by atoms with Gasteiger partial charge in [-0.1, -0.05) is 72.8 Å². The average molecular weight is 314 g/mol. The highest BCUT2D eigenvalue weighted by Crippen LogP contribution is 2.26. The number of nitrogens with two attached hydrogens (primary N) is 1. The lowest BCUT2D eigenvalue weighted by atomic mass is 10.00. The molecule has 3 aromatic rings. The molecule has 2 heteroatoms. The fraction of sp³-hybridized carbons (Fsp3) is 0.0909. The standard InChI is InChI=1S/C22H22N2/c1-24-22-15-5-2-10-18(22)11-6-8-17-9-7-12-19(16-17)20-13-3-4-14-21(20)23/h2-7,9-16,24H,8,23H2,1H3/b11-6-. The van der Waals surface area contributed by atoms with Gasteiger partial charge in [-0.3, -0.25) is 0 Å². The number of nitrogens with one attached hydrogen (secondary N) is 1. The topological polar surface area (TPSA) is 38.0 Å². The van der Waals surface area contributed by atoms with Crippen molar-refractivity contribution in [3.63, 3.8) is 0 Å². The number of nitrogen functional groups attached to an aromatic ring is 1. The molecule has 0 aromatic heterocycles. The van der Waals surface area contributed by atoms with Gasteiger partial charge in [-0.15, -0.1) is 0 Å². The molecule has 0 fully saturated rings. The van der Waals surface area contributed by atoms with Gasteiger partial charge in [0, 0.05) is 24.0 Å². The fourth-order valence-corrected chi connectivity index (χ4v) is 2.82. The summed E-state index contributed by atoms with van der Waals surface area (Å²) in [7, 11) is 1.94. The number of benzene rings is 3. The lowest BCUT2D eigenvalue weighted by Gasteiger charge is -2.07. The van der Waals surface area contributed by atoms with E-state index in [4.69, 9.17) is 5.73 Å². The molecule has 0 unspecified atom stereocenters. The highest BCUT2D eigenvalue weighted by molar-refractivity contribution is 5.76. The fourth-order valence-electron chi connectivity index (χ4n) is 2.82. The minimum Gasteiger partial charge on any atom is -0.398 e. The highest BCUT2D eigenvalue weighted by Gasteiger charge is 2.02. The summed E-state index contributed by atoms with van der Waals surface area (Å²) in [5.41, 5.74) is 12.8. The Labute approximate surface area is 143 Å². The maximum Gasteiger partial charge on any atom is 0.0411 e. The van der Waals surface area contributed by atoms with Crippen LogP contribution in [0.4, 0.5) is 11.4 Å². The molecule has 0 heterocycles. The third kappa shape index (κ3) is 3.66. The molecule has 3 aromatic carbocycles. The van der Waals surface area contributed by atoms with Crippen LogP contribution in [0.5, 0.6) is 0 Å². The molecular weight excluding hydrogens is 292 g/mol. The summed E-state index contributed by atoms with van der Waals surface area (Å²) < 4.78 is 0. The van der Waals surface area contributed by atoms with Gasteiger partial charge in [0.25, 0.3) is 0 Å². The first-order valence-electron chi connectivity index (χ1n) is 8.15. The van der Waals surface area contributed by atoms with Crippen molar-refractivity contribution < 1.29 is 0 Å². The van der Waals surface area contributed by atoms with Gasteiger partial charge in [0.1, 0.15) is 0 Å². The molecule has 0 aliphatic carbocycles. The molecule has 0 aliphatic rings. The number of hydrogen-bond donors (Lipinski definition) is 2. The maximum atomic E-state index is 6.09. The third-order valence-corrected chi connectivity index (χ3v) is 4.08. The van der Waals surface area contributed by atoms with Crippen LogP contribution in [0.2, 0.25) is 0 Å². The summed E-state index contributed by atoms with van der Waals surface area (Å²) in [6.45, 7) is 0. The number of anilines is 2. The lowest BCUT2D eigenvalue weighted by molar-refractivity contribution is 1.28. The molecule has 0 amide bonds. The van der Waals surface area contributed by atoms with Crippen molar-refractivity contribution in [1.29, 1.82) is 0 Å². The number of para-hydroxylation sites is 2. The molecule has 120 valence electrons. The van der Waals surface area contributed by atoms with Crippen molar-refractivity contribution in [3.05, 3.63) is 90.0 Å². The third-order valence-electron chi connectivity index (χ3n) is 4.08. The van der Waals surface area contributed by atoms with E-state index in [1.165, 1.54) is 11.1 Å². The van der Waals surface area contributed by atoms with Crippen molar-refractivity contribution in [2.45, 2.75) is 6.42 Å². The zero-order valence-corrected chi connectivity index (χ0v) is 13.9. The summed E-state index contributed by atoms with van der Waals surface area (Å²) >= 11 is 0. The predicted molar refractivity (Wildman–Crippen MR) is 105 cm³/mol. The monoisotopic (exact) mass is 314 g/mol. The van der Waals surface area contributed by atoms with E-state index in [1.807, 2.05) is 31.3 Å². The Morgan fingerprint density at radius 1 is 0.917 bits per heavy atom. The second-order valence-electron chi connectivity index (χ2n) is 5.73. The smallest absolute Gasteiger partial charge is 0.0411 e. The van der Waals surface area contributed by atoms with Gasteiger partial charge in [0.2, 0.25) is 0 Å². The van der Waals surface area contributed by atoms with Gasteiger partial charge >= 0.3 is 0 Å².